The van der Waals surface area contributed by atoms with E-state index in [4.69, 9.17) is 4.74 Å². The second kappa shape index (κ2) is 9.77. The fourth-order valence-corrected chi connectivity index (χ4v) is 4.51. The van der Waals surface area contributed by atoms with Gasteiger partial charge in [-0.05, 0) is 53.4 Å². The molecular weight excluding hydrogens is 437 g/mol. The van der Waals surface area contributed by atoms with E-state index in [9.17, 15) is 14.3 Å². The maximum atomic E-state index is 14.9. The van der Waals surface area contributed by atoms with E-state index in [2.05, 4.69) is 33.7 Å². The Balaban J connectivity index is 1.83. The van der Waals surface area contributed by atoms with Crippen molar-refractivity contribution in [2.75, 3.05) is 32.6 Å². The average molecular weight is 470 g/mol. The minimum Gasteiger partial charge on any atom is -0.389 e. The fourth-order valence-electron chi connectivity index (χ4n) is 4.51. The van der Waals surface area contributed by atoms with Crippen LogP contribution >= 0.6 is 0 Å². The molecule has 9 heteroatoms. The monoisotopic (exact) mass is 469 g/mol. The molecule has 1 aromatic carbocycles. The van der Waals surface area contributed by atoms with E-state index >= 15 is 0 Å². The molecule has 1 fully saturated rings. The number of aliphatic hydroxyl groups excluding tert-OH is 1. The molecule has 0 radical (unpaired) electrons. The highest BCUT2D eigenvalue weighted by Gasteiger charge is 2.25. The van der Waals surface area contributed by atoms with Gasteiger partial charge in [-0.3, -0.25) is 4.79 Å². The van der Waals surface area contributed by atoms with Gasteiger partial charge in [0.1, 0.15) is 5.69 Å². The fraction of sp³-hybridized carbons (Fsp3) is 0.480. The molecular formula is C25H32FN5O3. The van der Waals surface area contributed by atoms with Crippen LogP contribution in [0, 0.1) is 12.7 Å². The molecule has 2 atom stereocenters. The zero-order valence-corrected chi connectivity index (χ0v) is 20.3. The number of ether oxygens (including phenoxy) is 1. The predicted molar refractivity (Wildman–Crippen MR) is 131 cm³/mol. The minimum absolute atomic E-state index is 0.0191. The van der Waals surface area contributed by atoms with Gasteiger partial charge in [-0.1, -0.05) is 6.07 Å². The third-order valence-electron chi connectivity index (χ3n) is 6.21. The Morgan fingerprint density at radius 2 is 2.12 bits per heavy atom. The Kier molecular flexibility index (Phi) is 6.97. The number of hydrogen-bond donors (Lipinski definition) is 2. The molecule has 2 aromatic heterocycles. The first kappa shape index (κ1) is 24.3. The molecule has 0 unspecified atom stereocenters. The van der Waals surface area contributed by atoms with E-state index in [-0.39, 0.29) is 35.8 Å². The van der Waals surface area contributed by atoms with Crippen LogP contribution in [0.15, 0.2) is 29.2 Å². The standard InChI is InChI=1S/C25H32FN5O3/c1-14(2)31-20-10-16(6-7-17(20)24(33)15(3)21(31)12-30(4)5)23-18(26)11-27-25(29-23)28-19-8-9-34-13-22(19)32/h6-7,10-11,14,19,22,32H,8-9,12-13H2,1-5H3,(H,27,28,29)/t19-,22-/m1/s1. The van der Waals surface area contributed by atoms with Gasteiger partial charge in [0, 0.05) is 41.4 Å². The number of halogens is 1. The molecule has 1 aliphatic rings. The van der Waals surface area contributed by atoms with Crippen molar-refractivity contribution in [3.05, 3.63) is 51.7 Å². The van der Waals surface area contributed by atoms with E-state index in [1.54, 1.807) is 12.1 Å². The summed E-state index contributed by atoms with van der Waals surface area (Å²) in [5.74, 6) is -0.322. The SMILES string of the molecule is Cc1c(CN(C)C)n(C(C)C)c2cc(-c3nc(N[C@@H]4CCOC[C@H]4O)ncc3F)ccc2c1=O. The average Bonchev–Trinajstić information content (AvgIpc) is 2.79. The molecule has 0 amide bonds. The normalized spacial score (nSPS) is 18.7. The molecule has 1 aliphatic heterocycles. The lowest BCUT2D eigenvalue weighted by molar-refractivity contribution is -0.0136. The molecule has 0 aliphatic carbocycles. The predicted octanol–water partition coefficient (Wildman–Crippen LogP) is 3.11. The van der Waals surface area contributed by atoms with Crippen molar-refractivity contribution in [2.24, 2.45) is 0 Å². The summed E-state index contributed by atoms with van der Waals surface area (Å²) in [5.41, 5.74) is 3.07. The van der Waals surface area contributed by atoms with Crippen LogP contribution in [0.2, 0.25) is 0 Å². The van der Waals surface area contributed by atoms with E-state index in [1.165, 1.54) is 0 Å². The second-order valence-corrected chi connectivity index (χ2v) is 9.41. The van der Waals surface area contributed by atoms with Crippen LogP contribution in [0.25, 0.3) is 22.2 Å². The number of pyridine rings is 1. The highest BCUT2D eigenvalue weighted by Crippen LogP contribution is 2.28. The molecule has 182 valence electrons. The number of nitrogens with one attached hydrogen (secondary N) is 1. The van der Waals surface area contributed by atoms with E-state index in [0.717, 1.165) is 23.0 Å². The number of aliphatic hydroxyl groups is 1. The molecule has 0 spiro atoms. The lowest BCUT2D eigenvalue weighted by Crippen LogP contribution is -2.42. The third kappa shape index (κ3) is 4.68. The lowest BCUT2D eigenvalue weighted by Gasteiger charge is -2.28. The van der Waals surface area contributed by atoms with E-state index in [0.29, 0.717) is 30.5 Å². The zero-order valence-electron chi connectivity index (χ0n) is 20.3. The van der Waals surface area contributed by atoms with Crippen LogP contribution < -0.4 is 10.7 Å². The van der Waals surface area contributed by atoms with Crippen molar-refractivity contribution in [2.45, 2.75) is 51.9 Å². The molecule has 4 rings (SSSR count). The zero-order chi connectivity index (χ0) is 24.6. The van der Waals surface area contributed by atoms with Crippen molar-refractivity contribution in [3.63, 3.8) is 0 Å². The van der Waals surface area contributed by atoms with Gasteiger partial charge in [-0.25, -0.2) is 14.4 Å². The van der Waals surface area contributed by atoms with Crippen LogP contribution in [0.3, 0.4) is 0 Å². The van der Waals surface area contributed by atoms with E-state index < -0.39 is 11.9 Å². The summed E-state index contributed by atoms with van der Waals surface area (Å²) in [7, 11) is 3.94. The summed E-state index contributed by atoms with van der Waals surface area (Å²) in [6, 6.07) is 5.11. The maximum Gasteiger partial charge on any atom is 0.223 e. The number of aromatic nitrogens is 3. The van der Waals surface area contributed by atoms with Crippen LogP contribution in [-0.4, -0.2) is 64.0 Å². The van der Waals surface area contributed by atoms with Crippen LogP contribution in [-0.2, 0) is 11.3 Å². The summed E-state index contributed by atoms with van der Waals surface area (Å²) < 4.78 is 22.3. The van der Waals surface area contributed by atoms with Crippen molar-refractivity contribution in [1.82, 2.24) is 19.4 Å². The van der Waals surface area contributed by atoms with Crippen LogP contribution in [0.5, 0.6) is 0 Å². The summed E-state index contributed by atoms with van der Waals surface area (Å²) in [6.45, 7) is 7.37. The summed E-state index contributed by atoms with van der Waals surface area (Å²) in [4.78, 5) is 23.7. The molecule has 3 heterocycles. The molecule has 34 heavy (non-hydrogen) atoms. The molecule has 0 bridgehead atoms. The lowest BCUT2D eigenvalue weighted by atomic mass is 10.0. The number of benzene rings is 1. The number of fused-ring (bicyclic) bond motifs is 1. The number of hydrogen-bond acceptors (Lipinski definition) is 7. The Morgan fingerprint density at radius 3 is 2.79 bits per heavy atom. The van der Waals surface area contributed by atoms with Crippen molar-refractivity contribution in [3.8, 4) is 11.3 Å². The van der Waals surface area contributed by atoms with Crippen LogP contribution in [0.4, 0.5) is 10.3 Å². The van der Waals surface area contributed by atoms with Gasteiger partial charge in [0.2, 0.25) is 5.95 Å². The van der Waals surface area contributed by atoms with Crippen molar-refractivity contribution < 1.29 is 14.2 Å². The first-order valence-corrected chi connectivity index (χ1v) is 11.5. The third-order valence-corrected chi connectivity index (χ3v) is 6.21. The first-order chi connectivity index (χ1) is 16.2. The van der Waals surface area contributed by atoms with Gasteiger partial charge >= 0.3 is 0 Å². The van der Waals surface area contributed by atoms with Gasteiger partial charge < -0.3 is 24.6 Å². The molecule has 0 saturated carbocycles. The molecule has 8 nitrogen and oxygen atoms in total. The van der Waals surface area contributed by atoms with Gasteiger partial charge in [-0.2, -0.15) is 0 Å². The maximum absolute atomic E-state index is 14.9. The van der Waals surface area contributed by atoms with Crippen molar-refractivity contribution >= 4 is 16.9 Å². The van der Waals surface area contributed by atoms with Crippen LogP contribution in [0.1, 0.15) is 37.6 Å². The molecule has 1 saturated heterocycles. The molecule has 2 N–H and O–H groups in total. The minimum atomic E-state index is -0.689. The quantitative estimate of drug-likeness (QED) is 0.573. The Labute approximate surface area is 198 Å². The Bertz CT molecular complexity index is 1260. The second-order valence-electron chi connectivity index (χ2n) is 9.41. The van der Waals surface area contributed by atoms with Gasteiger partial charge in [0.15, 0.2) is 11.2 Å². The van der Waals surface area contributed by atoms with Crippen molar-refractivity contribution in [1.29, 1.82) is 0 Å². The largest absolute Gasteiger partial charge is 0.389 e. The number of anilines is 1. The summed E-state index contributed by atoms with van der Waals surface area (Å²) in [5, 5.41) is 13.9. The Hall–Kier alpha value is -2.88. The Morgan fingerprint density at radius 1 is 1.35 bits per heavy atom. The van der Waals surface area contributed by atoms with Gasteiger partial charge in [0.25, 0.3) is 0 Å². The number of nitrogens with zero attached hydrogens (tertiary/aromatic N) is 4. The highest BCUT2D eigenvalue weighted by molar-refractivity contribution is 5.85. The first-order valence-electron chi connectivity index (χ1n) is 11.5. The van der Waals surface area contributed by atoms with Gasteiger partial charge in [-0.15, -0.1) is 0 Å². The number of rotatable bonds is 6. The highest BCUT2D eigenvalue weighted by atomic mass is 19.1. The van der Waals surface area contributed by atoms with Gasteiger partial charge in [0.05, 0.1) is 30.5 Å². The molecule has 3 aromatic rings. The topological polar surface area (TPSA) is 92.5 Å². The summed E-state index contributed by atoms with van der Waals surface area (Å²) >= 11 is 0. The summed E-state index contributed by atoms with van der Waals surface area (Å²) in [6.07, 6.45) is 1.04. The smallest absolute Gasteiger partial charge is 0.223 e. The van der Waals surface area contributed by atoms with E-state index in [1.807, 2.05) is 32.0 Å².